The van der Waals surface area contributed by atoms with Crippen LogP contribution >= 0.6 is 22.6 Å². The van der Waals surface area contributed by atoms with Crippen LogP contribution in [0.1, 0.15) is 31.0 Å². The van der Waals surface area contributed by atoms with Gasteiger partial charge in [0, 0.05) is 11.3 Å². The fourth-order valence-electron chi connectivity index (χ4n) is 2.36. The van der Waals surface area contributed by atoms with Gasteiger partial charge in [0.2, 0.25) is 0 Å². The summed E-state index contributed by atoms with van der Waals surface area (Å²) >= 11 is 2.18. The van der Waals surface area contributed by atoms with E-state index >= 15 is 0 Å². The Kier molecular flexibility index (Phi) is 6.26. The highest BCUT2D eigenvalue weighted by molar-refractivity contribution is 14.1. The van der Waals surface area contributed by atoms with Crippen LogP contribution in [0.3, 0.4) is 0 Å². The average Bonchev–Trinajstić information content (AvgIpc) is 2.55. The standard InChI is InChI=1S/C18H19IN2O3/c1-4-5-6-24-17-15(19)8-12(9-16(17)23-3)13-7-11(2)21-18(22)14(13)10-20/h7-9H,4-6H2,1-3H3,(H,21,22). The van der Waals surface area contributed by atoms with Crippen molar-refractivity contribution in [3.05, 3.63) is 43.4 Å². The Bertz CT molecular complexity index is 837. The van der Waals surface area contributed by atoms with E-state index < -0.39 is 0 Å². The number of H-pyrrole nitrogens is 1. The van der Waals surface area contributed by atoms with Crippen molar-refractivity contribution in [1.29, 1.82) is 5.26 Å². The molecule has 0 amide bonds. The SMILES string of the molecule is CCCCOc1c(I)cc(-c2cc(C)[nH]c(=O)c2C#N)cc1OC. The first kappa shape index (κ1) is 18.3. The molecule has 0 aliphatic heterocycles. The van der Waals surface area contributed by atoms with Crippen molar-refractivity contribution < 1.29 is 9.47 Å². The third kappa shape index (κ3) is 3.90. The quantitative estimate of drug-likeness (QED) is 0.546. The molecule has 2 aromatic rings. The van der Waals surface area contributed by atoms with E-state index in [2.05, 4.69) is 34.5 Å². The van der Waals surface area contributed by atoms with Crippen molar-refractivity contribution in [2.24, 2.45) is 0 Å². The summed E-state index contributed by atoms with van der Waals surface area (Å²) in [5, 5.41) is 9.32. The predicted molar refractivity (Wildman–Crippen MR) is 102 cm³/mol. The first-order valence-electron chi connectivity index (χ1n) is 7.66. The summed E-state index contributed by atoms with van der Waals surface area (Å²) in [7, 11) is 1.58. The number of ether oxygens (including phenoxy) is 2. The molecular weight excluding hydrogens is 419 g/mol. The van der Waals surface area contributed by atoms with E-state index in [1.165, 1.54) is 0 Å². The van der Waals surface area contributed by atoms with Gasteiger partial charge in [-0.2, -0.15) is 5.26 Å². The monoisotopic (exact) mass is 438 g/mol. The topological polar surface area (TPSA) is 75.1 Å². The molecule has 1 aromatic carbocycles. The molecule has 0 unspecified atom stereocenters. The van der Waals surface area contributed by atoms with Gasteiger partial charge in [0.25, 0.3) is 5.56 Å². The lowest BCUT2D eigenvalue weighted by molar-refractivity contribution is 0.286. The van der Waals surface area contributed by atoms with Crippen LogP contribution in [-0.2, 0) is 0 Å². The number of methoxy groups -OCH3 is 1. The molecule has 0 fully saturated rings. The second-order valence-electron chi connectivity index (χ2n) is 5.37. The fourth-order valence-corrected chi connectivity index (χ4v) is 3.12. The lowest BCUT2D eigenvalue weighted by atomic mass is 10.0. The van der Waals surface area contributed by atoms with Gasteiger partial charge in [0.1, 0.15) is 11.6 Å². The third-order valence-electron chi connectivity index (χ3n) is 3.56. The minimum absolute atomic E-state index is 0.0955. The molecule has 2 rings (SSSR count). The van der Waals surface area contributed by atoms with E-state index in [9.17, 15) is 10.1 Å². The summed E-state index contributed by atoms with van der Waals surface area (Å²) in [4.78, 5) is 14.7. The number of rotatable bonds is 6. The molecule has 0 aliphatic rings. The summed E-state index contributed by atoms with van der Waals surface area (Å²) in [6, 6.07) is 7.49. The molecule has 1 heterocycles. The summed E-state index contributed by atoms with van der Waals surface area (Å²) < 4.78 is 12.2. The van der Waals surface area contributed by atoms with Gasteiger partial charge in [0.05, 0.1) is 17.3 Å². The average molecular weight is 438 g/mol. The molecule has 0 radical (unpaired) electrons. The zero-order valence-electron chi connectivity index (χ0n) is 13.9. The Balaban J connectivity index is 2.56. The van der Waals surface area contributed by atoms with E-state index in [-0.39, 0.29) is 11.1 Å². The third-order valence-corrected chi connectivity index (χ3v) is 4.37. The summed E-state index contributed by atoms with van der Waals surface area (Å²) in [5.74, 6) is 1.28. The van der Waals surface area contributed by atoms with Crippen molar-refractivity contribution in [3.63, 3.8) is 0 Å². The molecule has 0 saturated heterocycles. The summed E-state index contributed by atoms with van der Waals surface area (Å²) in [6.07, 6.45) is 2.02. The second-order valence-corrected chi connectivity index (χ2v) is 6.54. The molecule has 0 aliphatic carbocycles. The number of nitriles is 1. The van der Waals surface area contributed by atoms with Gasteiger partial charge < -0.3 is 14.5 Å². The van der Waals surface area contributed by atoms with Gasteiger partial charge in [-0.05, 0) is 59.7 Å². The predicted octanol–water partition coefficient (Wildman–Crippen LogP) is 4.01. The Morgan fingerprint density at radius 3 is 2.71 bits per heavy atom. The normalized spacial score (nSPS) is 10.3. The lowest BCUT2D eigenvalue weighted by Crippen LogP contribution is -2.12. The first-order valence-corrected chi connectivity index (χ1v) is 8.74. The molecule has 0 spiro atoms. The van der Waals surface area contributed by atoms with Gasteiger partial charge in [-0.3, -0.25) is 4.79 Å². The zero-order valence-corrected chi connectivity index (χ0v) is 16.1. The van der Waals surface area contributed by atoms with Gasteiger partial charge >= 0.3 is 0 Å². The van der Waals surface area contributed by atoms with Crippen molar-refractivity contribution >= 4 is 22.6 Å². The zero-order chi connectivity index (χ0) is 17.7. The maximum Gasteiger partial charge on any atom is 0.266 e. The number of hydrogen-bond acceptors (Lipinski definition) is 4. The highest BCUT2D eigenvalue weighted by Gasteiger charge is 2.16. The van der Waals surface area contributed by atoms with Crippen LogP contribution < -0.4 is 15.0 Å². The fraction of sp³-hybridized carbons (Fsp3) is 0.333. The number of nitrogens with zero attached hydrogens (tertiary/aromatic N) is 1. The molecule has 0 atom stereocenters. The molecule has 126 valence electrons. The minimum Gasteiger partial charge on any atom is -0.493 e. The molecule has 1 N–H and O–H groups in total. The number of aromatic amines is 1. The number of benzene rings is 1. The van der Waals surface area contributed by atoms with Crippen molar-refractivity contribution in [3.8, 4) is 28.7 Å². The molecule has 24 heavy (non-hydrogen) atoms. The molecule has 1 aromatic heterocycles. The van der Waals surface area contributed by atoms with Crippen LogP contribution in [0.4, 0.5) is 0 Å². The maximum atomic E-state index is 12.0. The van der Waals surface area contributed by atoms with Crippen molar-refractivity contribution in [1.82, 2.24) is 4.98 Å². The van der Waals surface area contributed by atoms with Crippen LogP contribution in [0.25, 0.3) is 11.1 Å². The van der Waals surface area contributed by atoms with Gasteiger partial charge in [-0.1, -0.05) is 13.3 Å². The number of pyridine rings is 1. The molecule has 0 saturated carbocycles. The Morgan fingerprint density at radius 2 is 2.08 bits per heavy atom. The highest BCUT2D eigenvalue weighted by atomic mass is 127. The molecule has 5 nitrogen and oxygen atoms in total. The highest BCUT2D eigenvalue weighted by Crippen LogP contribution is 2.38. The Labute approximate surface area is 154 Å². The van der Waals surface area contributed by atoms with E-state index in [4.69, 9.17) is 9.47 Å². The lowest BCUT2D eigenvalue weighted by Gasteiger charge is -2.15. The van der Waals surface area contributed by atoms with Crippen molar-refractivity contribution in [2.45, 2.75) is 26.7 Å². The smallest absolute Gasteiger partial charge is 0.266 e. The van der Waals surface area contributed by atoms with E-state index in [0.29, 0.717) is 29.4 Å². The molecule has 6 heteroatoms. The number of nitrogens with one attached hydrogen (secondary N) is 1. The molecule has 0 bridgehead atoms. The molecular formula is C18H19IN2O3. The summed E-state index contributed by atoms with van der Waals surface area (Å²) in [6.45, 7) is 4.51. The van der Waals surface area contributed by atoms with Crippen LogP contribution in [-0.4, -0.2) is 18.7 Å². The van der Waals surface area contributed by atoms with Gasteiger partial charge in [-0.25, -0.2) is 0 Å². The number of aryl methyl sites for hydroxylation is 1. The maximum absolute atomic E-state index is 12.0. The van der Waals surface area contributed by atoms with Gasteiger partial charge in [0.15, 0.2) is 11.5 Å². The van der Waals surface area contributed by atoms with E-state index in [1.54, 1.807) is 26.2 Å². The summed E-state index contributed by atoms with van der Waals surface area (Å²) in [5.41, 5.74) is 1.76. The van der Waals surface area contributed by atoms with Gasteiger partial charge in [-0.15, -0.1) is 0 Å². The van der Waals surface area contributed by atoms with Crippen molar-refractivity contribution in [2.75, 3.05) is 13.7 Å². The second kappa shape index (κ2) is 8.20. The van der Waals surface area contributed by atoms with Crippen LogP contribution in [0.5, 0.6) is 11.5 Å². The van der Waals surface area contributed by atoms with E-state index in [1.807, 2.05) is 12.1 Å². The number of halogens is 1. The van der Waals surface area contributed by atoms with E-state index in [0.717, 1.165) is 22.0 Å². The number of hydrogen-bond donors (Lipinski definition) is 1. The minimum atomic E-state index is -0.384. The van der Waals surface area contributed by atoms with Crippen LogP contribution in [0, 0.1) is 21.8 Å². The number of unbranched alkanes of at least 4 members (excludes halogenated alkanes) is 1. The van der Waals surface area contributed by atoms with Crippen LogP contribution in [0.2, 0.25) is 0 Å². The Morgan fingerprint density at radius 1 is 1.33 bits per heavy atom. The number of aromatic nitrogens is 1. The first-order chi connectivity index (χ1) is 11.5. The van der Waals surface area contributed by atoms with Crippen LogP contribution in [0.15, 0.2) is 23.0 Å². The largest absolute Gasteiger partial charge is 0.493 e. The Hall–Kier alpha value is -2.01.